The number of anilines is 1. The summed E-state index contributed by atoms with van der Waals surface area (Å²) in [6.07, 6.45) is -1.01. The van der Waals surface area contributed by atoms with Gasteiger partial charge in [0, 0.05) is 36.9 Å². The fraction of sp³-hybridized carbons (Fsp3) is 0.474. The van der Waals surface area contributed by atoms with Crippen LogP contribution >= 0.6 is 0 Å². The molecule has 30 heavy (non-hydrogen) atoms. The summed E-state index contributed by atoms with van der Waals surface area (Å²) in [7, 11) is -3.76. The van der Waals surface area contributed by atoms with Crippen molar-refractivity contribution in [3.63, 3.8) is 0 Å². The van der Waals surface area contributed by atoms with Crippen molar-refractivity contribution in [2.45, 2.75) is 43.9 Å². The molecule has 11 heteroatoms. The number of nitrogens with one attached hydrogen (secondary N) is 1. The summed E-state index contributed by atoms with van der Waals surface area (Å²) in [5.74, 6) is -0.908. The number of piperidine rings is 1. The molecule has 1 fully saturated rings. The number of imidazole rings is 1. The van der Waals surface area contributed by atoms with Crippen LogP contribution in [-0.2, 0) is 21.0 Å². The van der Waals surface area contributed by atoms with E-state index in [0.717, 1.165) is 12.1 Å². The van der Waals surface area contributed by atoms with Gasteiger partial charge in [-0.05, 0) is 44.9 Å². The minimum Gasteiger partial charge on any atom is -0.334 e. The Hall–Kier alpha value is -2.40. The lowest BCUT2D eigenvalue weighted by Gasteiger charge is -2.30. The van der Waals surface area contributed by atoms with Crippen LogP contribution in [0.15, 0.2) is 41.8 Å². The van der Waals surface area contributed by atoms with Crippen LogP contribution < -0.4 is 5.32 Å². The van der Waals surface area contributed by atoms with Gasteiger partial charge in [0.2, 0.25) is 5.91 Å². The Morgan fingerprint density at radius 1 is 1.23 bits per heavy atom. The third kappa shape index (κ3) is 4.84. The van der Waals surface area contributed by atoms with Crippen molar-refractivity contribution in [3.05, 3.63) is 42.4 Å². The molecule has 3 rings (SSSR count). The van der Waals surface area contributed by atoms with E-state index in [2.05, 4.69) is 10.3 Å². The van der Waals surface area contributed by atoms with Crippen molar-refractivity contribution in [3.8, 4) is 0 Å². The molecule has 0 atom stereocenters. The summed E-state index contributed by atoms with van der Waals surface area (Å²) in [6.45, 7) is 4.09. The minimum absolute atomic E-state index is 0.0388. The number of amides is 1. The number of hydrogen-bond donors (Lipinski definition) is 1. The van der Waals surface area contributed by atoms with E-state index in [1.165, 1.54) is 29.0 Å². The van der Waals surface area contributed by atoms with Crippen LogP contribution in [0.5, 0.6) is 0 Å². The minimum atomic E-state index is -4.50. The molecule has 1 aliphatic heterocycles. The average Bonchev–Trinajstić information content (AvgIpc) is 3.19. The van der Waals surface area contributed by atoms with Gasteiger partial charge in [0.1, 0.15) is 0 Å². The molecule has 0 unspecified atom stereocenters. The highest BCUT2D eigenvalue weighted by Gasteiger charge is 2.34. The number of halogens is 3. The number of hydrogen-bond acceptors (Lipinski definition) is 4. The van der Waals surface area contributed by atoms with Crippen molar-refractivity contribution >= 4 is 21.6 Å². The van der Waals surface area contributed by atoms with Crippen LogP contribution in [0.25, 0.3) is 0 Å². The molecule has 0 radical (unpaired) electrons. The fourth-order valence-corrected chi connectivity index (χ4v) is 4.63. The Labute approximate surface area is 172 Å². The first kappa shape index (κ1) is 22.3. The molecule has 0 aliphatic carbocycles. The number of alkyl halides is 3. The maximum atomic E-state index is 12.8. The standard InChI is InChI=1S/C19H23F3N4O3S/c1-13(2)25-11-17(23-12-25)30(28,29)26-8-6-14(7-9-26)18(27)24-16-5-3-4-15(10-16)19(20,21)22/h3-5,10-14H,6-9H2,1-2H3,(H,24,27). The summed E-state index contributed by atoms with van der Waals surface area (Å²) in [4.78, 5) is 16.4. The van der Waals surface area contributed by atoms with E-state index < -0.39 is 33.6 Å². The first-order valence-electron chi connectivity index (χ1n) is 9.50. The molecule has 2 heterocycles. The van der Waals surface area contributed by atoms with Crippen LogP contribution in [-0.4, -0.2) is 41.3 Å². The van der Waals surface area contributed by atoms with Gasteiger partial charge in [-0.25, -0.2) is 13.4 Å². The predicted molar refractivity (Wildman–Crippen MR) is 104 cm³/mol. The predicted octanol–water partition coefficient (Wildman–Crippen LogP) is 3.52. The lowest BCUT2D eigenvalue weighted by atomic mass is 9.97. The van der Waals surface area contributed by atoms with Gasteiger partial charge < -0.3 is 9.88 Å². The Bertz CT molecular complexity index is 1010. The van der Waals surface area contributed by atoms with Gasteiger partial charge in [-0.1, -0.05) is 6.07 Å². The van der Waals surface area contributed by atoms with Crippen molar-refractivity contribution in [1.29, 1.82) is 0 Å². The highest BCUT2D eigenvalue weighted by Crippen LogP contribution is 2.31. The highest BCUT2D eigenvalue weighted by atomic mass is 32.2. The first-order valence-corrected chi connectivity index (χ1v) is 10.9. The maximum absolute atomic E-state index is 12.8. The van der Waals surface area contributed by atoms with Crippen molar-refractivity contribution in [1.82, 2.24) is 13.9 Å². The van der Waals surface area contributed by atoms with E-state index in [0.29, 0.717) is 0 Å². The summed E-state index contributed by atoms with van der Waals surface area (Å²) in [5.41, 5.74) is -0.786. The summed E-state index contributed by atoms with van der Waals surface area (Å²) in [6, 6.07) is 4.50. The maximum Gasteiger partial charge on any atom is 0.416 e. The van der Waals surface area contributed by atoms with Gasteiger partial charge in [0.25, 0.3) is 10.0 Å². The molecule has 0 bridgehead atoms. The van der Waals surface area contributed by atoms with Gasteiger partial charge >= 0.3 is 6.18 Å². The van der Waals surface area contributed by atoms with Gasteiger partial charge in [-0.2, -0.15) is 17.5 Å². The molecule has 164 valence electrons. The van der Waals surface area contributed by atoms with E-state index in [4.69, 9.17) is 0 Å². The second-order valence-corrected chi connectivity index (χ2v) is 9.38. The Morgan fingerprint density at radius 3 is 2.47 bits per heavy atom. The number of carbonyl (C=O) groups excluding carboxylic acids is 1. The van der Waals surface area contributed by atoms with Crippen molar-refractivity contribution in [2.75, 3.05) is 18.4 Å². The SMILES string of the molecule is CC(C)n1cnc(S(=O)(=O)N2CCC(C(=O)Nc3cccc(C(F)(F)F)c3)CC2)c1. The van der Waals surface area contributed by atoms with Crippen molar-refractivity contribution < 1.29 is 26.4 Å². The molecule has 0 saturated carbocycles. The quantitative estimate of drug-likeness (QED) is 0.765. The number of carbonyl (C=O) groups is 1. The lowest BCUT2D eigenvalue weighted by molar-refractivity contribution is -0.137. The van der Waals surface area contributed by atoms with Gasteiger partial charge in [-0.3, -0.25) is 4.79 Å². The molecular weight excluding hydrogens is 421 g/mol. The Morgan fingerprint density at radius 2 is 1.90 bits per heavy atom. The summed E-state index contributed by atoms with van der Waals surface area (Å²) >= 11 is 0. The summed E-state index contributed by atoms with van der Waals surface area (Å²) < 4.78 is 67.0. The fourth-order valence-electron chi connectivity index (χ4n) is 3.24. The van der Waals surface area contributed by atoms with Crippen LogP contribution in [0.3, 0.4) is 0 Å². The van der Waals surface area contributed by atoms with E-state index >= 15 is 0 Å². The molecule has 1 aromatic heterocycles. The zero-order valence-electron chi connectivity index (χ0n) is 16.6. The van der Waals surface area contributed by atoms with E-state index in [9.17, 15) is 26.4 Å². The Kier molecular flexibility index (Phi) is 6.23. The number of nitrogens with zero attached hydrogens (tertiary/aromatic N) is 3. The second kappa shape index (κ2) is 8.38. The Balaban J connectivity index is 1.61. The summed E-state index contributed by atoms with van der Waals surface area (Å²) in [5, 5.41) is 2.46. The molecule has 1 saturated heterocycles. The van der Waals surface area contributed by atoms with Crippen molar-refractivity contribution in [2.24, 2.45) is 5.92 Å². The molecule has 2 aromatic rings. The average molecular weight is 444 g/mol. The van der Waals surface area contributed by atoms with E-state index in [1.807, 2.05) is 13.8 Å². The number of rotatable bonds is 5. The smallest absolute Gasteiger partial charge is 0.334 e. The number of sulfonamides is 1. The van der Waals surface area contributed by atoms with Gasteiger partial charge in [-0.15, -0.1) is 0 Å². The first-order chi connectivity index (χ1) is 14.0. The van der Waals surface area contributed by atoms with Gasteiger partial charge in [0.15, 0.2) is 5.03 Å². The molecule has 1 amide bonds. The topological polar surface area (TPSA) is 84.3 Å². The van der Waals surface area contributed by atoms with E-state index in [-0.39, 0.29) is 42.7 Å². The van der Waals surface area contributed by atoms with Crippen LogP contribution in [0, 0.1) is 5.92 Å². The lowest BCUT2D eigenvalue weighted by Crippen LogP contribution is -2.41. The largest absolute Gasteiger partial charge is 0.416 e. The van der Waals surface area contributed by atoms with E-state index in [1.54, 1.807) is 4.57 Å². The van der Waals surface area contributed by atoms with Crippen LogP contribution in [0.2, 0.25) is 0 Å². The molecular formula is C19H23F3N4O3S. The highest BCUT2D eigenvalue weighted by molar-refractivity contribution is 7.89. The normalized spacial score (nSPS) is 16.7. The molecule has 1 aliphatic rings. The van der Waals surface area contributed by atoms with Gasteiger partial charge in [0.05, 0.1) is 11.9 Å². The zero-order valence-corrected chi connectivity index (χ0v) is 17.4. The second-order valence-electron chi connectivity index (χ2n) is 7.50. The van der Waals surface area contributed by atoms with Crippen LogP contribution in [0.1, 0.15) is 38.3 Å². The third-order valence-electron chi connectivity index (χ3n) is 5.06. The zero-order chi connectivity index (χ0) is 22.1. The molecule has 1 aromatic carbocycles. The molecule has 0 spiro atoms. The molecule has 7 nitrogen and oxygen atoms in total. The monoisotopic (exact) mass is 444 g/mol. The molecule has 1 N–H and O–H groups in total. The number of benzene rings is 1. The number of aromatic nitrogens is 2. The van der Waals surface area contributed by atoms with Crippen LogP contribution in [0.4, 0.5) is 18.9 Å². The third-order valence-corrected chi connectivity index (χ3v) is 6.84.